The Morgan fingerprint density at radius 3 is 2.06 bits per heavy atom. The molecule has 4 N–H and O–H groups in total. The Morgan fingerprint density at radius 2 is 1.50 bits per heavy atom. The lowest BCUT2D eigenvalue weighted by Gasteiger charge is -2.18. The summed E-state index contributed by atoms with van der Waals surface area (Å²) in [5.74, 6) is 0. The molecule has 7 atom stereocenters. The lowest BCUT2D eigenvalue weighted by atomic mass is 10.2. The van der Waals surface area contributed by atoms with Gasteiger partial charge in [-0.15, -0.1) is 0 Å². The van der Waals surface area contributed by atoms with Gasteiger partial charge in [-0.2, -0.15) is 0 Å². The minimum Gasteiger partial charge on any atom is -0.394 e. The molecule has 4 heterocycles. The first-order valence-corrected chi connectivity index (χ1v) is 12.4. The monoisotopic (exact) mass is 530 g/mol. The van der Waals surface area contributed by atoms with Crippen LogP contribution in [-0.2, 0) is 23.1 Å². The Labute approximate surface area is 203 Å². The standard InChI is InChI=1S/C20H27N4O11P/c1-9-5-23(19(29)21-17(9)27)15-3-11(26)14(34-15)8-32-36(31)35-12-4-16(33-13(12)7-25)24-6-10(2)18(28)22-20(24)30/h5-6,11-16,25-26,36H,3-4,7-8H2,1-2H3,(H,21,27,29)(H,22,28,30)/t11-,12-,13-,14-,15-,16-/m1/s1. The number of nitrogens with zero attached hydrogens (tertiary/aromatic N) is 2. The van der Waals surface area contributed by atoms with E-state index in [2.05, 4.69) is 9.97 Å². The quantitative estimate of drug-likeness (QED) is 0.287. The number of aromatic amines is 2. The molecule has 0 amide bonds. The van der Waals surface area contributed by atoms with Crippen molar-refractivity contribution in [3.63, 3.8) is 0 Å². The highest BCUT2D eigenvalue weighted by Crippen LogP contribution is 2.38. The van der Waals surface area contributed by atoms with Gasteiger partial charge in [-0.3, -0.25) is 33.3 Å². The van der Waals surface area contributed by atoms with Gasteiger partial charge in [0.25, 0.3) is 11.1 Å². The maximum absolute atomic E-state index is 12.5. The van der Waals surface area contributed by atoms with Gasteiger partial charge in [0.15, 0.2) is 0 Å². The van der Waals surface area contributed by atoms with E-state index in [1.54, 1.807) is 0 Å². The van der Waals surface area contributed by atoms with Crippen molar-refractivity contribution in [3.05, 3.63) is 65.2 Å². The van der Waals surface area contributed by atoms with E-state index < -0.39 is 74.2 Å². The summed E-state index contributed by atoms with van der Waals surface area (Å²) in [5, 5.41) is 19.9. The van der Waals surface area contributed by atoms with Crippen molar-refractivity contribution in [2.45, 2.75) is 63.6 Å². The number of hydrogen-bond donors (Lipinski definition) is 4. The van der Waals surface area contributed by atoms with Crippen LogP contribution < -0.4 is 22.5 Å². The fourth-order valence-electron chi connectivity index (χ4n) is 4.10. The van der Waals surface area contributed by atoms with E-state index in [9.17, 15) is 34.0 Å². The lowest BCUT2D eigenvalue weighted by molar-refractivity contribution is -0.0504. The number of H-pyrrole nitrogens is 2. The number of hydrogen-bond acceptors (Lipinski definition) is 11. The van der Waals surface area contributed by atoms with Crippen LogP contribution in [0.4, 0.5) is 0 Å². The van der Waals surface area contributed by atoms with E-state index in [0.717, 1.165) is 9.13 Å². The molecule has 2 aromatic heterocycles. The van der Waals surface area contributed by atoms with Crippen molar-refractivity contribution in [1.82, 2.24) is 19.1 Å². The third-order valence-electron chi connectivity index (χ3n) is 6.09. The molecule has 2 fully saturated rings. The van der Waals surface area contributed by atoms with Gasteiger partial charge in [-0.05, 0) is 13.8 Å². The first kappa shape index (κ1) is 26.4. The number of ether oxygens (including phenoxy) is 2. The van der Waals surface area contributed by atoms with Crippen molar-refractivity contribution in [3.8, 4) is 0 Å². The Morgan fingerprint density at radius 1 is 0.972 bits per heavy atom. The number of aryl methyl sites for hydroxylation is 2. The molecule has 2 aliphatic heterocycles. The van der Waals surface area contributed by atoms with E-state index in [1.165, 1.54) is 26.2 Å². The lowest BCUT2D eigenvalue weighted by Crippen LogP contribution is -2.33. The highest BCUT2D eigenvalue weighted by molar-refractivity contribution is 7.33. The van der Waals surface area contributed by atoms with E-state index in [0.29, 0.717) is 5.56 Å². The van der Waals surface area contributed by atoms with Crippen LogP contribution in [0.2, 0.25) is 0 Å². The average molecular weight is 530 g/mol. The molecular weight excluding hydrogens is 503 g/mol. The minimum absolute atomic E-state index is 0.0409. The third kappa shape index (κ3) is 5.52. The molecule has 198 valence electrons. The first-order chi connectivity index (χ1) is 17.1. The van der Waals surface area contributed by atoms with Crippen molar-refractivity contribution in [1.29, 1.82) is 0 Å². The fraction of sp³-hybridized carbons (Fsp3) is 0.600. The van der Waals surface area contributed by atoms with Crippen LogP contribution in [0.25, 0.3) is 0 Å². The van der Waals surface area contributed by atoms with Crippen LogP contribution in [-0.4, -0.2) is 66.9 Å². The molecule has 0 bridgehead atoms. The van der Waals surface area contributed by atoms with E-state index in [-0.39, 0.29) is 25.0 Å². The highest BCUT2D eigenvalue weighted by Gasteiger charge is 2.39. The summed E-state index contributed by atoms with van der Waals surface area (Å²) in [4.78, 5) is 51.7. The summed E-state index contributed by atoms with van der Waals surface area (Å²) in [6, 6.07) is 0. The van der Waals surface area contributed by atoms with Gasteiger partial charge in [0.05, 0.1) is 25.4 Å². The average Bonchev–Trinajstić information content (AvgIpc) is 3.40. The second kappa shape index (κ2) is 10.8. The van der Waals surface area contributed by atoms with Crippen LogP contribution in [0.15, 0.2) is 31.6 Å². The number of aliphatic hydroxyl groups excluding tert-OH is 2. The minimum atomic E-state index is -3.15. The Hall–Kier alpha value is -2.65. The summed E-state index contributed by atoms with van der Waals surface area (Å²) in [6.07, 6.45) is -2.73. The number of rotatable bonds is 8. The van der Waals surface area contributed by atoms with Gasteiger partial charge in [-0.25, -0.2) is 9.59 Å². The summed E-state index contributed by atoms with van der Waals surface area (Å²) in [7, 11) is -3.15. The first-order valence-electron chi connectivity index (χ1n) is 11.1. The summed E-state index contributed by atoms with van der Waals surface area (Å²) >= 11 is 0. The molecule has 16 heteroatoms. The summed E-state index contributed by atoms with van der Waals surface area (Å²) in [5.41, 5.74) is -1.86. The molecule has 2 aromatic rings. The van der Waals surface area contributed by atoms with Crippen molar-refractivity contribution in [2.24, 2.45) is 0 Å². The molecule has 0 saturated carbocycles. The molecule has 36 heavy (non-hydrogen) atoms. The van der Waals surface area contributed by atoms with Crippen molar-refractivity contribution < 1.29 is 33.3 Å². The van der Waals surface area contributed by atoms with Crippen LogP contribution in [0.1, 0.15) is 36.4 Å². The topological polar surface area (TPSA) is 204 Å². The predicted molar refractivity (Wildman–Crippen MR) is 122 cm³/mol. The van der Waals surface area contributed by atoms with Gasteiger partial charge < -0.3 is 28.7 Å². The van der Waals surface area contributed by atoms with Crippen molar-refractivity contribution in [2.75, 3.05) is 13.2 Å². The van der Waals surface area contributed by atoms with Crippen LogP contribution in [0.3, 0.4) is 0 Å². The molecule has 0 spiro atoms. The van der Waals surface area contributed by atoms with Crippen LogP contribution in [0.5, 0.6) is 0 Å². The van der Waals surface area contributed by atoms with Gasteiger partial charge in [0, 0.05) is 36.4 Å². The third-order valence-corrected chi connectivity index (χ3v) is 6.99. The second-order valence-corrected chi connectivity index (χ2v) is 9.68. The zero-order valence-corrected chi connectivity index (χ0v) is 20.4. The van der Waals surface area contributed by atoms with Gasteiger partial charge >= 0.3 is 19.6 Å². The SMILES string of the molecule is Cc1cn([C@H]2C[C@@H](O)[C@@H](CO[PH](=O)O[C@@H]3C[C@H](n4cc(C)c(=O)[nH]c4=O)O[C@@H]3CO)O2)c(=O)[nH]c1=O. The van der Waals surface area contributed by atoms with Gasteiger partial charge in [-0.1, -0.05) is 0 Å². The number of aromatic nitrogens is 4. The molecular formula is C20H27N4O11P. The zero-order valence-electron chi connectivity index (χ0n) is 19.4. The molecule has 1 unspecified atom stereocenters. The van der Waals surface area contributed by atoms with E-state index in [4.69, 9.17) is 18.5 Å². The van der Waals surface area contributed by atoms with E-state index >= 15 is 0 Å². The van der Waals surface area contributed by atoms with Crippen LogP contribution in [0, 0.1) is 13.8 Å². The smallest absolute Gasteiger partial charge is 0.330 e. The van der Waals surface area contributed by atoms with E-state index in [1.807, 2.05) is 0 Å². The Bertz CT molecular complexity index is 1360. The Balaban J connectivity index is 1.35. The summed E-state index contributed by atoms with van der Waals surface area (Å²) in [6.45, 7) is 2.25. The fourth-order valence-corrected chi connectivity index (χ4v) is 4.97. The molecule has 0 aromatic carbocycles. The maximum atomic E-state index is 12.5. The Kier molecular flexibility index (Phi) is 7.90. The summed E-state index contributed by atoms with van der Waals surface area (Å²) < 4.78 is 36.8. The van der Waals surface area contributed by atoms with Gasteiger partial charge in [0.1, 0.15) is 24.7 Å². The number of aliphatic hydroxyl groups is 2. The zero-order chi connectivity index (χ0) is 26.1. The molecule has 0 aliphatic carbocycles. The number of nitrogens with one attached hydrogen (secondary N) is 2. The highest BCUT2D eigenvalue weighted by atomic mass is 31.1. The largest absolute Gasteiger partial charge is 0.394 e. The second-order valence-electron chi connectivity index (χ2n) is 8.65. The predicted octanol–water partition coefficient (Wildman–Crippen LogP) is -1.58. The van der Waals surface area contributed by atoms with Crippen molar-refractivity contribution >= 4 is 8.25 Å². The normalized spacial score (nSPS) is 29.0. The molecule has 15 nitrogen and oxygen atoms in total. The van der Waals surface area contributed by atoms with Crippen LogP contribution >= 0.6 is 8.25 Å². The molecule has 2 aliphatic rings. The maximum Gasteiger partial charge on any atom is 0.330 e. The van der Waals surface area contributed by atoms with Gasteiger partial charge in [0.2, 0.25) is 0 Å². The molecule has 2 saturated heterocycles. The molecule has 4 rings (SSSR count). The molecule has 0 radical (unpaired) electrons.